The number of hydrogen-bond donors (Lipinski definition) is 1. The topological polar surface area (TPSA) is 49.4 Å². The van der Waals surface area contributed by atoms with Gasteiger partial charge in [-0.3, -0.25) is 0 Å². The van der Waals surface area contributed by atoms with E-state index in [-0.39, 0.29) is 16.0 Å². The largest absolute Gasteiger partial charge is 0.316 e. The highest BCUT2D eigenvalue weighted by Crippen LogP contribution is 2.31. The van der Waals surface area contributed by atoms with Crippen LogP contribution in [0.15, 0.2) is 17.0 Å². The van der Waals surface area contributed by atoms with Gasteiger partial charge >= 0.3 is 0 Å². The quantitative estimate of drug-likeness (QED) is 0.816. The summed E-state index contributed by atoms with van der Waals surface area (Å²) in [5, 5.41) is 3.56. The van der Waals surface area contributed by atoms with Gasteiger partial charge in [0.05, 0.1) is 5.02 Å². The molecule has 0 aromatic heterocycles. The van der Waals surface area contributed by atoms with Gasteiger partial charge in [0.25, 0.3) is 0 Å². The van der Waals surface area contributed by atoms with Crippen molar-refractivity contribution in [3.63, 3.8) is 0 Å². The van der Waals surface area contributed by atoms with E-state index in [2.05, 4.69) is 5.32 Å². The van der Waals surface area contributed by atoms with E-state index < -0.39 is 10.0 Å². The first-order valence-corrected chi connectivity index (χ1v) is 9.05. The van der Waals surface area contributed by atoms with Gasteiger partial charge in [0.2, 0.25) is 10.0 Å². The Labute approximate surface area is 137 Å². The second-order valence-corrected chi connectivity index (χ2v) is 7.84. The van der Waals surface area contributed by atoms with E-state index in [0.717, 1.165) is 12.8 Å². The van der Waals surface area contributed by atoms with Crippen LogP contribution in [0, 0.1) is 0 Å². The van der Waals surface area contributed by atoms with E-state index in [4.69, 9.17) is 23.2 Å². The van der Waals surface area contributed by atoms with E-state index >= 15 is 0 Å². The summed E-state index contributed by atoms with van der Waals surface area (Å²) in [4.78, 5) is 0.101. The van der Waals surface area contributed by atoms with Crippen molar-refractivity contribution in [2.75, 3.05) is 14.1 Å². The first-order chi connectivity index (χ1) is 9.75. The second kappa shape index (κ2) is 7.79. The molecule has 0 spiro atoms. The van der Waals surface area contributed by atoms with Crippen LogP contribution in [0.1, 0.15) is 32.3 Å². The maximum atomic E-state index is 12.7. The number of nitrogens with one attached hydrogen (secondary N) is 1. The van der Waals surface area contributed by atoms with Crippen LogP contribution in [0.2, 0.25) is 10.0 Å². The Balaban J connectivity index is 3.27. The Morgan fingerprint density at radius 2 is 1.90 bits per heavy atom. The predicted molar refractivity (Wildman–Crippen MR) is 88.5 cm³/mol. The number of benzene rings is 1. The summed E-state index contributed by atoms with van der Waals surface area (Å²) in [7, 11) is -0.280. The Hall–Kier alpha value is -0.330. The smallest absolute Gasteiger partial charge is 0.244 e. The zero-order valence-corrected chi connectivity index (χ0v) is 15.1. The highest BCUT2D eigenvalue weighted by molar-refractivity contribution is 7.89. The predicted octanol–water partition coefficient (Wildman–Crippen LogP) is 3.52. The van der Waals surface area contributed by atoms with Crippen molar-refractivity contribution in [1.29, 1.82) is 0 Å². The van der Waals surface area contributed by atoms with Crippen molar-refractivity contribution in [2.24, 2.45) is 0 Å². The minimum Gasteiger partial charge on any atom is -0.316 e. The zero-order chi connectivity index (χ0) is 16.2. The van der Waals surface area contributed by atoms with E-state index in [9.17, 15) is 8.42 Å². The third-order valence-corrected chi connectivity index (χ3v) is 6.24. The molecule has 0 bridgehead atoms. The Bertz CT molecular complexity index is 591. The van der Waals surface area contributed by atoms with E-state index in [1.807, 2.05) is 13.8 Å². The molecule has 1 N–H and O–H groups in total. The molecular formula is C14H22Cl2N2O2S. The standard InChI is InChI=1S/C14H22Cl2N2O2S/c1-5-6-10(2)18(4)21(19,20)14-7-11(9-17-3)12(15)8-13(14)16/h7-8,10,17H,5-6,9H2,1-4H3. The molecule has 0 saturated heterocycles. The lowest BCUT2D eigenvalue weighted by Gasteiger charge is -2.25. The molecule has 0 aliphatic carbocycles. The highest BCUT2D eigenvalue weighted by atomic mass is 35.5. The lowest BCUT2D eigenvalue weighted by Crippen LogP contribution is -2.35. The summed E-state index contributed by atoms with van der Waals surface area (Å²) in [6, 6.07) is 2.95. The molecule has 1 unspecified atom stereocenters. The maximum Gasteiger partial charge on any atom is 0.244 e. The van der Waals surface area contributed by atoms with Crippen molar-refractivity contribution in [1.82, 2.24) is 9.62 Å². The molecule has 1 rings (SSSR count). The first kappa shape index (κ1) is 18.7. The van der Waals surface area contributed by atoms with Crippen molar-refractivity contribution in [3.8, 4) is 0 Å². The van der Waals surface area contributed by atoms with Crippen LogP contribution in [-0.2, 0) is 16.6 Å². The third-order valence-electron chi connectivity index (χ3n) is 3.45. The highest BCUT2D eigenvalue weighted by Gasteiger charge is 2.28. The molecule has 0 aliphatic heterocycles. The molecule has 0 saturated carbocycles. The van der Waals surface area contributed by atoms with Gasteiger partial charge in [-0.25, -0.2) is 8.42 Å². The minimum absolute atomic E-state index is 0.0838. The van der Waals surface area contributed by atoms with Gasteiger partial charge in [-0.15, -0.1) is 0 Å². The normalized spacial score (nSPS) is 13.7. The summed E-state index contributed by atoms with van der Waals surface area (Å²) in [6.07, 6.45) is 1.71. The SMILES string of the molecule is CCCC(C)N(C)S(=O)(=O)c1cc(CNC)c(Cl)cc1Cl. The Morgan fingerprint density at radius 3 is 2.43 bits per heavy atom. The molecule has 0 aliphatic rings. The van der Waals surface area contributed by atoms with Crippen LogP contribution >= 0.6 is 23.2 Å². The molecule has 21 heavy (non-hydrogen) atoms. The summed E-state index contributed by atoms with van der Waals surface area (Å²) >= 11 is 12.2. The van der Waals surface area contributed by atoms with Crippen LogP contribution in [0.3, 0.4) is 0 Å². The van der Waals surface area contributed by atoms with Gasteiger partial charge < -0.3 is 5.32 Å². The molecule has 4 nitrogen and oxygen atoms in total. The van der Waals surface area contributed by atoms with E-state index in [0.29, 0.717) is 17.1 Å². The zero-order valence-electron chi connectivity index (χ0n) is 12.8. The molecule has 0 amide bonds. The fourth-order valence-electron chi connectivity index (χ4n) is 2.09. The number of rotatable bonds is 7. The molecule has 1 aromatic carbocycles. The molecular weight excluding hydrogens is 331 g/mol. The lowest BCUT2D eigenvalue weighted by molar-refractivity contribution is 0.368. The summed E-state index contributed by atoms with van der Waals surface area (Å²) in [6.45, 7) is 4.39. The molecule has 0 radical (unpaired) electrons. The molecule has 120 valence electrons. The average Bonchev–Trinajstić information content (AvgIpc) is 2.41. The lowest BCUT2D eigenvalue weighted by atomic mass is 10.2. The molecule has 0 fully saturated rings. The van der Waals surface area contributed by atoms with Crippen LogP contribution in [0.4, 0.5) is 0 Å². The van der Waals surface area contributed by atoms with Gasteiger partial charge in [0.15, 0.2) is 0 Å². The van der Waals surface area contributed by atoms with Crippen molar-refractivity contribution < 1.29 is 8.42 Å². The van der Waals surface area contributed by atoms with E-state index in [1.165, 1.54) is 10.4 Å². The van der Waals surface area contributed by atoms with Gasteiger partial charge in [-0.05, 0) is 38.1 Å². The van der Waals surface area contributed by atoms with E-state index in [1.54, 1.807) is 20.2 Å². The van der Waals surface area contributed by atoms with Gasteiger partial charge in [0, 0.05) is 24.7 Å². The Morgan fingerprint density at radius 1 is 1.29 bits per heavy atom. The molecule has 1 atom stereocenters. The number of sulfonamides is 1. The summed E-state index contributed by atoms with van der Waals surface area (Å²) < 4.78 is 26.8. The minimum atomic E-state index is -3.63. The van der Waals surface area contributed by atoms with Gasteiger partial charge in [-0.1, -0.05) is 36.5 Å². The Kier molecular flexibility index (Phi) is 6.94. The van der Waals surface area contributed by atoms with Crippen molar-refractivity contribution in [3.05, 3.63) is 27.7 Å². The van der Waals surface area contributed by atoms with Crippen LogP contribution < -0.4 is 5.32 Å². The summed E-state index contributed by atoms with van der Waals surface area (Å²) in [5.74, 6) is 0. The number of halogens is 2. The fourth-order valence-corrected chi connectivity index (χ4v) is 4.31. The summed E-state index contributed by atoms with van der Waals surface area (Å²) in [5.41, 5.74) is 0.707. The van der Waals surface area contributed by atoms with Gasteiger partial charge in [0.1, 0.15) is 4.90 Å². The molecule has 1 aromatic rings. The number of hydrogen-bond acceptors (Lipinski definition) is 3. The second-order valence-electron chi connectivity index (χ2n) is 5.06. The maximum absolute atomic E-state index is 12.7. The average molecular weight is 353 g/mol. The fraction of sp³-hybridized carbons (Fsp3) is 0.571. The van der Waals surface area contributed by atoms with Crippen LogP contribution in [-0.4, -0.2) is 32.9 Å². The van der Waals surface area contributed by atoms with Crippen LogP contribution in [0.25, 0.3) is 0 Å². The third kappa shape index (κ3) is 4.33. The number of nitrogens with zero attached hydrogens (tertiary/aromatic N) is 1. The first-order valence-electron chi connectivity index (χ1n) is 6.86. The van der Waals surface area contributed by atoms with Crippen molar-refractivity contribution >= 4 is 33.2 Å². The molecule has 0 heterocycles. The van der Waals surface area contributed by atoms with Crippen molar-refractivity contribution in [2.45, 2.75) is 44.2 Å². The monoisotopic (exact) mass is 352 g/mol. The van der Waals surface area contributed by atoms with Gasteiger partial charge in [-0.2, -0.15) is 4.31 Å². The molecule has 7 heteroatoms. The van der Waals surface area contributed by atoms with Crippen LogP contribution in [0.5, 0.6) is 0 Å².